The molecule has 0 bridgehead atoms. The predicted octanol–water partition coefficient (Wildman–Crippen LogP) is 1.93. The van der Waals surface area contributed by atoms with E-state index in [1.807, 2.05) is 24.3 Å². The van der Waals surface area contributed by atoms with Crippen molar-refractivity contribution in [1.82, 2.24) is 24.7 Å². The molecule has 1 aliphatic rings. The molecule has 6 nitrogen and oxygen atoms in total. The summed E-state index contributed by atoms with van der Waals surface area (Å²) in [6, 6.07) is 0.308. The number of aromatic nitrogens is 2. The van der Waals surface area contributed by atoms with Gasteiger partial charge in [-0.05, 0) is 11.8 Å². The first-order chi connectivity index (χ1) is 10.9. The number of urea groups is 1. The van der Waals surface area contributed by atoms with Gasteiger partial charge in [-0.3, -0.25) is 4.90 Å². The lowest BCUT2D eigenvalue weighted by molar-refractivity contribution is 0.127. The van der Waals surface area contributed by atoms with Crippen molar-refractivity contribution in [2.24, 2.45) is 18.9 Å². The zero-order chi connectivity index (χ0) is 17.0. The molecule has 0 radical (unpaired) electrons. The van der Waals surface area contributed by atoms with Crippen LogP contribution in [0.2, 0.25) is 0 Å². The molecule has 1 saturated heterocycles. The Morgan fingerprint density at radius 1 is 1.17 bits per heavy atom. The van der Waals surface area contributed by atoms with Gasteiger partial charge in [-0.15, -0.1) is 0 Å². The number of hydrogen-bond acceptors (Lipinski definition) is 3. The maximum atomic E-state index is 12.5. The fourth-order valence-electron chi connectivity index (χ4n) is 3.19. The van der Waals surface area contributed by atoms with Crippen LogP contribution in [0.4, 0.5) is 4.79 Å². The van der Waals surface area contributed by atoms with Gasteiger partial charge >= 0.3 is 6.03 Å². The molecule has 6 heteroatoms. The number of nitrogens with zero attached hydrogens (tertiary/aromatic N) is 4. The number of nitrogens with one attached hydrogen (secondary N) is 1. The lowest BCUT2D eigenvalue weighted by Crippen LogP contribution is -2.54. The van der Waals surface area contributed by atoms with Gasteiger partial charge < -0.3 is 14.8 Å². The molecule has 2 rings (SSSR count). The number of rotatable bonds is 5. The van der Waals surface area contributed by atoms with E-state index < -0.39 is 0 Å². The van der Waals surface area contributed by atoms with E-state index in [-0.39, 0.29) is 12.1 Å². The van der Waals surface area contributed by atoms with Crippen molar-refractivity contribution in [2.75, 3.05) is 26.2 Å². The second-order valence-corrected chi connectivity index (χ2v) is 7.18. The largest absolute Gasteiger partial charge is 0.337 e. The van der Waals surface area contributed by atoms with E-state index in [2.05, 4.69) is 47.5 Å². The Labute approximate surface area is 139 Å². The Morgan fingerprint density at radius 2 is 1.78 bits per heavy atom. The van der Waals surface area contributed by atoms with Gasteiger partial charge in [0.1, 0.15) is 5.82 Å². The number of carbonyl (C=O) groups excluding carboxylic acids is 1. The summed E-state index contributed by atoms with van der Waals surface area (Å²) >= 11 is 0. The van der Waals surface area contributed by atoms with Crippen molar-refractivity contribution >= 4 is 6.03 Å². The summed E-state index contributed by atoms with van der Waals surface area (Å²) in [6.07, 6.45) is 3.80. The van der Waals surface area contributed by atoms with Gasteiger partial charge in [-0.2, -0.15) is 0 Å². The van der Waals surface area contributed by atoms with Gasteiger partial charge in [-0.1, -0.05) is 27.7 Å². The molecule has 1 aliphatic heterocycles. The van der Waals surface area contributed by atoms with E-state index in [1.165, 1.54) is 0 Å². The minimum absolute atomic E-state index is 0.0778. The molecule has 130 valence electrons. The van der Waals surface area contributed by atoms with Gasteiger partial charge in [0.15, 0.2) is 0 Å². The smallest absolute Gasteiger partial charge is 0.317 e. The van der Waals surface area contributed by atoms with Crippen molar-refractivity contribution in [3.05, 3.63) is 18.2 Å². The normalized spacial score (nSPS) is 16.6. The second kappa shape index (κ2) is 7.81. The summed E-state index contributed by atoms with van der Waals surface area (Å²) < 4.78 is 2.05. The van der Waals surface area contributed by atoms with Gasteiger partial charge in [0.2, 0.25) is 0 Å². The first-order valence-corrected chi connectivity index (χ1v) is 8.62. The lowest BCUT2D eigenvalue weighted by atomic mass is 9.93. The third-order valence-corrected chi connectivity index (χ3v) is 4.67. The zero-order valence-corrected chi connectivity index (χ0v) is 15.1. The van der Waals surface area contributed by atoms with Crippen molar-refractivity contribution in [3.63, 3.8) is 0 Å². The molecule has 0 aromatic carbocycles. The highest BCUT2D eigenvalue weighted by Gasteiger charge is 2.25. The number of amides is 2. The van der Waals surface area contributed by atoms with Gasteiger partial charge in [-0.25, -0.2) is 9.78 Å². The Kier molecular flexibility index (Phi) is 6.04. The van der Waals surface area contributed by atoms with Gasteiger partial charge in [0.25, 0.3) is 0 Å². The molecule has 0 atom stereocenters. The summed E-state index contributed by atoms with van der Waals surface area (Å²) in [5, 5.41) is 3.21. The maximum absolute atomic E-state index is 12.5. The van der Waals surface area contributed by atoms with E-state index >= 15 is 0 Å². The Balaban J connectivity index is 1.81. The number of hydrogen-bond donors (Lipinski definition) is 1. The molecule has 2 amide bonds. The Hall–Kier alpha value is -1.56. The molecule has 0 spiro atoms. The number of carbonyl (C=O) groups is 1. The molecule has 2 heterocycles. The number of imidazole rings is 1. The lowest BCUT2D eigenvalue weighted by Gasteiger charge is -2.36. The quantitative estimate of drug-likeness (QED) is 0.901. The highest BCUT2D eigenvalue weighted by Crippen LogP contribution is 2.13. The molecule has 1 fully saturated rings. The average Bonchev–Trinajstić information content (AvgIpc) is 2.90. The van der Waals surface area contributed by atoms with Crippen LogP contribution in [0.5, 0.6) is 0 Å². The minimum atomic E-state index is 0.0778. The van der Waals surface area contributed by atoms with Crippen LogP contribution < -0.4 is 5.32 Å². The zero-order valence-electron chi connectivity index (χ0n) is 15.1. The summed E-state index contributed by atoms with van der Waals surface area (Å²) in [5.74, 6) is 1.97. The summed E-state index contributed by atoms with van der Waals surface area (Å²) in [7, 11) is 2.02. The number of piperazine rings is 1. The predicted molar refractivity (Wildman–Crippen MR) is 92.1 cm³/mol. The standard InChI is InChI=1S/C17H31N5O/c1-13(2)16(14(3)4)19-17(23)22-10-8-21(9-11-22)12-15-18-6-7-20(15)5/h6-7,13-14,16H,8-12H2,1-5H3,(H,19,23). The summed E-state index contributed by atoms with van der Waals surface area (Å²) in [5.41, 5.74) is 0. The van der Waals surface area contributed by atoms with Gasteiger partial charge in [0.05, 0.1) is 6.54 Å². The molecular formula is C17H31N5O. The highest BCUT2D eigenvalue weighted by molar-refractivity contribution is 5.74. The summed E-state index contributed by atoms with van der Waals surface area (Å²) in [4.78, 5) is 21.1. The molecular weight excluding hydrogens is 290 g/mol. The SMILES string of the molecule is CC(C)C(NC(=O)N1CCN(Cc2nccn2C)CC1)C(C)C. The first-order valence-electron chi connectivity index (χ1n) is 8.62. The third-order valence-electron chi connectivity index (χ3n) is 4.67. The van der Waals surface area contributed by atoms with Crippen LogP contribution in [-0.4, -0.2) is 57.6 Å². The molecule has 0 aliphatic carbocycles. The van der Waals surface area contributed by atoms with E-state index in [0.29, 0.717) is 11.8 Å². The molecule has 1 aromatic rings. The van der Waals surface area contributed by atoms with Crippen LogP contribution in [0, 0.1) is 11.8 Å². The monoisotopic (exact) mass is 321 g/mol. The molecule has 1 N–H and O–H groups in total. The fraction of sp³-hybridized carbons (Fsp3) is 0.765. The number of aryl methyl sites for hydroxylation is 1. The molecule has 0 saturated carbocycles. The maximum Gasteiger partial charge on any atom is 0.317 e. The molecule has 0 unspecified atom stereocenters. The topological polar surface area (TPSA) is 53.4 Å². The van der Waals surface area contributed by atoms with Crippen LogP contribution in [-0.2, 0) is 13.6 Å². The third kappa shape index (κ3) is 4.70. The Bertz CT molecular complexity index is 495. The first kappa shape index (κ1) is 17.8. The molecule has 1 aromatic heterocycles. The fourth-order valence-corrected chi connectivity index (χ4v) is 3.19. The van der Waals surface area contributed by atoms with Crippen molar-refractivity contribution in [3.8, 4) is 0 Å². The van der Waals surface area contributed by atoms with Crippen LogP contribution in [0.1, 0.15) is 33.5 Å². The van der Waals surface area contributed by atoms with Crippen LogP contribution in [0.15, 0.2) is 12.4 Å². The van der Waals surface area contributed by atoms with Crippen molar-refractivity contribution < 1.29 is 4.79 Å². The van der Waals surface area contributed by atoms with Crippen LogP contribution >= 0.6 is 0 Å². The minimum Gasteiger partial charge on any atom is -0.337 e. The van der Waals surface area contributed by atoms with E-state index in [4.69, 9.17) is 0 Å². The van der Waals surface area contributed by atoms with Gasteiger partial charge in [0, 0.05) is 51.7 Å². The molecule has 23 heavy (non-hydrogen) atoms. The second-order valence-electron chi connectivity index (χ2n) is 7.18. The van der Waals surface area contributed by atoms with E-state index in [0.717, 1.165) is 38.5 Å². The summed E-state index contributed by atoms with van der Waals surface area (Å²) in [6.45, 7) is 12.8. The van der Waals surface area contributed by atoms with Crippen molar-refractivity contribution in [2.45, 2.75) is 40.3 Å². The highest BCUT2D eigenvalue weighted by atomic mass is 16.2. The Morgan fingerprint density at radius 3 is 2.26 bits per heavy atom. The van der Waals surface area contributed by atoms with E-state index in [1.54, 1.807) is 0 Å². The average molecular weight is 321 g/mol. The van der Waals surface area contributed by atoms with Crippen LogP contribution in [0.25, 0.3) is 0 Å². The van der Waals surface area contributed by atoms with E-state index in [9.17, 15) is 4.79 Å². The van der Waals surface area contributed by atoms with Crippen molar-refractivity contribution in [1.29, 1.82) is 0 Å². The van der Waals surface area contributed by atoms with Crippen LogP contribution in [0.3, 0.4) is 0 Å².